The lowest BCUT2D eigenvalue weighted by molar-refractivity contribution is -0.140. The second-order valence-corrected chi connectivity index (χ2v) is 9.83. The van der Waals surface area contributed by atoms with Gasteiger partial charge in [0.15, 0.2) is 0 Å². The first-order valence-corrected chi connectivity index (χ1v) is 12.3. The van der Waals surface area contributed by atoms with Gasteiger partial charge in [-0.25, -0.2) is 0 Å². The highest BCUT2D eigenvalue weighted by Crippen LogP contribution is 2.25. The molecule has 2 aromatic rings. The van der Waals surface area contributed by atoms with Crippen molar-refractivity contribution in [2.24, 2.45) is 5.92 Å². The molecule has 0 saturated carbocycles. The molecule has 0 radical (unpaired) electrons. The van der Waals surface area contributed by atoms with Gasteiger partial charge in [-0.05, 0) is 49.1 Å². The number of benzene rings is 2. The molecule has 1 N–H and O–H groups in total. The molecule has 9 heteroatoms. The van der Waals surface area contributed by atoms with Crippen molar-refractivity contribution >= 4 is 46.8 Å². The van der Waals surface area contributed by atoms with Gasteiger partial charge in [0.1, 0.15) is 6.04 Å². The molecule has 1 aliphatic heterocycles. The maximum atomic E-state index is 13.3. The van der Waals surface area contributed by atoms with Crippen LogP contribution in [-0.2, 0) is 16.1 Å². The maximum Gasteiger partial charge on any atom is 0.261 e. The fourth-order valence-corrected chi connectivity index (χ4v) is 4.31. The Hall–Kier alpha value is -2.90. The minimum Gasteiger partial charge on any atom is -0.354 e. The summed E-state index contributed by atoms with van der Waals surface area (Å²) in [5.74, 6) is -0.994. The van der Waals surface area contributed by atoms with E-state index in [1.165, 1.54) is 4.90 Å². The van der Waals surface area contributed by atoms with Gasteiger partial charge in [-0.2, -0.15) is 0 Å². The average Bonchev–Trinajstić information content (AvgIpc) is 3.06. The van der Waals surface area contributed by atoms with Crippen LogP contribution in [0.5, 0.6) is 0 Å². The normalized spacial score (nSPS) is 13.7. The Morgan fingerprint density at radius 3 is 2.20 bits per heavy atom. The molecule has 0 aromatic heterocycles. The van der Waals surface area contributed by atoms with Crippen molar-refractivity contribution < 1.29 is 19.2 Å². The molecule has 7 nitrogen and oxygen atoms in total. The molecule has 3 rings (SSSR count). The van der Waals surface area contributed by atoms with Gasteiger partial charge in [0.25, 0.3) is 11.8 Å². The van der Waals surface area contributed by atoms with Gasteiger partial charge in [-0.15, -0.1) is 0 Å². The van der Waals surface area contributed by atoms with E-state index in [1.807, 2.05) is 13.8 Å². The molecule has 4 amide bonds. The standard InChI is InChI=1S/C26H29Cl2N3O4/c1-16(2)14-29-24(33)17(3)31(15-18-10-11-19(27)13-22(18)28)23(32)9-6-12-30-25(34)20-7-4-5-8-21(20)26(30)35/h4-5,7-8,10-11,13,16-17H,6,9,12,14-15H2,1-3H3,(H,29,33)/t17-/m0/s1. The Balaban J connectivity index is 1.69. The third-order valence-electron chi connectivity index (χ3n) is 5.86. The van der Waals surface area contributed by atoms with Crippen LogP contribution in [0.1, 0.15) is 59.9 Å². The van der Waals surface area contributed by atoms with E-state index < -0.39 is 6.04 Å². The number of amides is 4. The second-order valence-electron chi connectivity index (χ2n) is 8.98. The van der Waals surface area contributed by atoms with Gasteiger partial charge in [0.05, 0.1) is 11.1 Å². The summed E-state index contributed by atoms with van der Waals surface area (Å²) in [7, 11) is 0. The van der Waals surface area contributed by atoms with Crippen molar-refractivity contribution in [1.29, 1.82) is 0 Å². The summed E-state index contributed by atoms with van der Waals surface area (Å²) in [6, 6.07) is 10.9. The van der Waals surface area contributed by atoms with E-state index in [0.717, 1.165) is 4.90 Å². The first-order chi connectivity index (χ1) is 16.6. The quantitative estimate of drug-likeness (QED) is 0.468. The number of carbonyl (C=O) groups is 4. The van der Waals surface area contributed by atoms with Gasteiger partial charge in [-0.1, -0.05) is 55.2 Å². The van der Waals surface area contributed by atoms with E-state index in [0.29, 0.717) is 33.3 Å². The van der Waals surface area contributed by atoms with E-state index in [-0.39, 0.29) is 55.5 Å². The van der Waals surface area contributed by atoms with Crippen LogP contribution in [0.3, 0.4) is 0 Å². The van der Waals surface area contributed by atoms with E-state index in [4.69, 9.17) is 23.2 Å². The Morgan fingerprint density at radius 1 is 1.00 bits per heavy atom. The molecule has 1 aliphatic rings. The molecule has 0 spiro atoms. The van der Waals surface area contributed by atoms with Crippen molar-refractivity contribution in [3.63, 3.8) is 0 Å². The third kappa shape index (κ3) is 6.41. The smallest absolute Gasteiger partial charge is 0.261 e. The second kappa shape index (κ2) is 11.7. The number of nitrogens with one attached hydrogen (secondary N) is 1. The van der Waals surface area contributed by atoms with Gasteiger partial charge < -0.3 is 10.2 Å². The van der Waals surface area contributed by atoms with Crippen LogP contribution in [-0.4, -0.2) is 52.6 Å². The molecule has 2 aromatic carbocycles. The Labute approximate surface area is 215 Å². The lowest BCUT2D eigenvalue weighted by Gasteiger charge is -2.29. The SMILES string of the molecule is CC(C)CNC(=O)[C@H](C)N(Cc1ccc(Cl)cc1Cl)C(=O)CCCN1C(=O)c2ccccc2C1=O. The van der Waals surface area contributed by atoms with Crippen LogP contribution in [0, 0.1) is 5.92 Å². The Bertz CT molecular complexity index is 1100. The van der Waals surface area contributed by atoms with Gasteiger partial charge in [0.2, 0.25) is 11.8 Å². The van der Waals surface area contributed by atoms with Gasteiger partial charge >= 0.3 is 0 Å². The van der Waals surface area contributed by atoms with Gasteiger partial charge in [-0.3, -0.25) is 24.1 Å². The minimum absolute atomic E-state index is 0.0560. The predicted molar refractivity (Wildman–Crippen MR) is 135 cm³/mol. The molecule has 0 unspecified atom stereocenters. The highest BCUT2D eigenvalue weighted by Gasteiger charge is 2.35. The number of hydrogen-bond donors (Lipinski definition) is 1. The van der Waals surface area contributed by atoms with E-state index in [2.05, 4.69) is 5.32 Å². The van der Waals surface area contributed by atoms with Crippen LogP contribution in [0.4, 0.5) is 0 Å². The van der Waals surface area contributed by atoms with Crippen LogP contribution in [0.2, 0.25) is 10.0 Å². The van der Waals surface area contributed by atoms with E-state index in [9.17, 15) is 19.2 Å². The number of nitrogens with zero attached hydrogens (tertiary/aromatic N) is 2. The highest BCUT2D eigenvalue weighted by molar-refractivity contribution is 6.35. The summed E-state index contributed by atoms with van der Waals surface area (Å²) in [4.78, 5) is 53.8. The average molecular weight is 518 g/mol. The van der Waals surface area contributed by atoms with Crippen LogP contribution in [0.15, 0.2) is 42.5 Å². The molecule has 0 aliphatic carbocycles. The van der Waals surface area contributed by atoms with Crippen LogP contribution in [0.25, 0.3) is 0 Å². The monoisotopic (exact) mass is 517 g/mol. The molecular weight excluding hydrogens is 489 g/mol. The van der Waals surface area contributed by atoms with Crippen molar-refractivity contribution in [1.82, 2.24) is 15.1 Å². The number of fused-ring (bicyclic) bond motifs is 1. The third-order valence-corrected chi connectivity index (χ3v) is 6.45. The number of rotatable bonds is 10. The number of carbonyl (C=O) groups excluding carboxylic acids is 4. The molecule has 0 fully saturated rings. The lowest BCUT2D eigenvalue weighted by atomic mass is 10.1. The van der Waals surface area contributed by atoms with E-state index in [1.54, 1.807) is 49.4 Å². The molecular formula is C26H29Cl2N3O4. The zero-order chi connectivity index (χ0) is 25.7. The number of halogens is 2. The zero-order valence-corrected chi connectivity index (χ0v) is 21.5. The number of hydrogen-bond acceptors (Lipinski definition) is 4. The molecule has 1 atom stereocenters. The van der Waals surface area contributed by atoms with Crippen molar-refractivity contribution in [2.45, 2.75) is 46.2 Å². The highest BCUT2D eigenvalue weighted by atomic mass is 35.5. The maximum absolute atomic E-state index is 13.3. The predicted octanol–water partition coefficient (Wildman–Crippen LogP) is 4.56. The molecule has 35 heavy (non-hydrogen) atoms. The fraction of sp³-hybridized carbons (Fsp3) is 0.385. The largest absolute Gasteiger partial charge is 0.354 e. The van der Waals surface area contributed by atoms with Crippen LogP contribution >= 0.6 is 23.2 Å². The molecule has 1 heterocycles. The summed E-state index contributed by atoms with van der Waals surface area (Å²) >= 11 is 12.3. The summed E-state index contributed by atoms with van der Waals surface area (Å²) in [5.41, 5.74) is 1.41. The molecule has 186 valence electrons. The van der Waals surface area contributed by atoms with Crippen LogP contribution < -0.4 is 5.32 Å². The minimum atomic E-state index is -0.743. The first kappa shape index (κ1) is 26.7. The van der Waals surface area contributed by atoms with E-state index >= 15 is 0 Å². The molecule has 0 bridgehead atoms. The first-order valence-electron chi connectivity index (χ1n) is 11.6. The Kier molecular flexibility index (Phi) is 8.92. The zero-order valence-electron chi connectivity index (χ0n) is 20.0. The fourth-order valence-electron chi connectivity index (χ4n) is 3.84. The Morgan fingerprint density at radius 2 is 1.63 bits per heavy atom. The van der Waals surface area contributed by atoms with Crippen molar-refractivity contribution in [3.05, 3.63) is 69.2 Å². The summed E-state index contributed by atoms with van der Waals surface area (Å²) in [6.07, 6.45) is 0.329. The summed E-state index contributed by atoms with van der Waals surface area (Å²) in [5, 5.41) is 3.74. The summed E-state index contributed by atoms with van der Waals surface area (Å²) < 4.78 is 0. The molecule has 0 saturated heterocycles. The summed E-state index contributed by atoms with van der Waals surface area (Å²) in [6.45, 7) is 6.37. The van der Waals surface area contributed by atoms with Crippen molar-refractivity contribution in [2.75, 3.05) is 13.1 Å². The topological polar surface area (TPSA) is 86.8 Å². The van der Waals surface area contributed by atoms with Gasteiger partial charge in [0, 0.05) is 36.1 Å². The lowest BCUT2D eigenvalue weighted by Crippen LogP contribution is -2.48. The number of imide groups is 1. The van der Waals surface area contributed by atoms with Crippen molar-refractivity contribution in [3.8, 4) is 0 Å².